The van der Waals surface area contributed by atoms with E-state index in [-0.39, 0.29) is 18.5 Å². The zero-order valence-corrected chi connectivity index (χ0v) is 46.1. The predicted molar refractivity (Wildman–Crippen MR) is 297 cm³/mol. The van der Waals surface area contributed by atoms with E-state index >= 15 is 0 Å². The molecule has 0 aliphatic carbocycles. The Morgan fingerprint density at radius 2 is 0.676 bits per heavy atom. The van der Waals surface area contributed by atoms with Gasteiger partial charge in [-0.2, -0.15) is 0 Å². The fourth-order valence-electron chi connectivity index (χ4n) is 9.81. The van der Waals surface area contributed by atoms with Crippen LogP contribution >= 0.6 is 0 Å². The molecule has 0 spiro atoms. The number of rotatable bonds is 58. The number of carbonyl (C=O) groups is 2. The lowest BCUT2D eigenvalue weighted by Gasteiger charge is -2.20. The minimum Gasteiger partial charge on any atom is -0.466 e. The van der Waals surface area contributed by atoms with Crippen LogP contribution < -0.4 is 5.32 Å². The molecule has 0 fully saturated rings. The number of ether oxygens (including phenoxy) is 1. The van der Waals surface area contributed by atoms with E-state index in [0.717, 1.165) is 38.5 Å². The first-order valence-corrected chi connectivity index (χ1v) is 31.0. The molecule has 0 rings (SSSR count). The molecule has 0 saturated heterocycles. The predicted octanol–water partition coefficient (Wildman–Crippen LogP) is 19.2. The quantitative estimate of drug-likeness (QED) is 0.0321. The molecule has 0 aromatic rings. The van der Waals surface area contributed by atoms with Crippen LogP contribution in [0.5, 0.6) is 0 Å². The molecule has 0 aromatic carbocycles. The van der Waals surface area contributed by atoms with Crippen molar-refractivity contribution in [2.45, 2.75) is 360 Å². The monoisotopic (exact) mass is 960 g/mol. The van der Waals surface area contributed by atoms with Gasteiger partial charge in [0.05, 0.1) is 25.4 Å². The molecule has 6 heteroatoms. The molecule has 6 nitrogen and oxygen atoms in total. The summed E-state index contributed by atoms with van der Waals surface area (Å²) in [6.07, 6.45) is 69.6. The topological polar surface area (TPSA) is 95.9 Å². The number of carbonyl (C=O) groups excluding carboxylic acids is 2. The Hall–Kier alpha value is -1.40. The minimum absolute atomic E-state index is 0.0136. The highest BCUT2D eigenvalue weighted by Gasteiger charge is 2.18. The van der Waals surface area contributed by atoms with Crippen molar-refractivity contribution in [1.82, 2.24) is 5.32 Å². The van der Waals surface area contributed by atoms with Crippen molar-refractivity contribution < 1.29 is 24.5 Å². The summed E-state index contributed by atoms with van der Waals surface area (Å²) < 4.78 is 5.48. The highest BCUT2D eigenvalue weighted by atomic mass is 16.5. The van der Waals surface area contributed by atoms with Gasteiger partial charge in [0.25, 0.3) is 0 Å². The van der Waals surface area contributed by atoms with Crippen LogP contribution in [-0.4, -0.2) is 47.4 Å². The highest BCUT2D eigenvalue weighted by Crippen LogP contribution is 2.18. The Kier molecular flexibility index (Phi) is 57.0. The molecule has 0 bridgehead atoms. The third-order valence-corrected chi connectivity index (χ3v) is 14.6. The molecule has 404 valence electrons. The van der Waals surface area contributed by atoms with Gasteiger partial charge in [-0.15, -0.1) is 0 Å². The van der Waals surface area contributed by atoms with Gasteiger partial charge in [0, 0.05) is 12.8 Å². The summed E-state index contributed by atoms with van der Waals surface area (Å²) >= 11 is 0. The SMILES string of the molecule is CCCCCCCCCCCCCCCCC/C=C/C(O)C(CO)NC(=O)CCCCCCCCCCCCCCCCCCCCCCCOC(=O)CCCCCCCCCCCCCCC. The fraction of sp³-hybridized carbons (Fsp3) is 0.935. The summed E-state index contributed by atoms with van der Waals surface area (Å²) in [5.41, 5.74) is 0. The molecule has 1 amide bonds. The maximum absolute atomic E-state index is 12.5. The average molecular weight is 961 g/mol. The van der Waals surface area contributed by atoms with E-state index in [1.165, 1.54) is 283 Å². The molecule has 0 heterocycles. The zero-order valence-electron chi connectivity index (χ0n) is 46.1. The highest BCUT2D eigenvalue weighted by molar-refractivity contribution is 5.76. The van der Waals surface area contributed by atoms with Gasteiger partial charge in [0.2, 0.25) is 5.91 Å². The standard InChI is InChI=1S/C62H121NO5/c1-3-5-7-9-11-13-15-17-18-24-27-31-34-38-42-46-50-54-60(65)59(58-64)63-61(66)55-51-47-43-39-35-32-28-25-22-20-19-21-23-26-29-33-37-41-45-49-53-57-68-62(67)56-52-48-44-40-36-30-16-14-12-10-8-6-4-2/h50,54,59-60,64-65H,3-49,51-53,55-58H2,1-2H3,(H,63,66)/b54-50+. The molecular formula is C62H121NO5. The molecule has 2 atom stereocenters. The molecule has 3 N–H and O–H groups in total. The molecule has 0 aliphatic rings. The van der Waals surface area contributed by atoms with Crippen LogP contribution in [-0.2, 0) is 14.3 Å². The number of nitrogens with one attached hydrogen (secondary N) is 1. The van der Waals surface area contributed by atoms with Crippen LogP contribution in [0.25, 0.3) is 0 Å². The molecule has 0 saturated carbocycles. The van der Waals surface area contributed by atoms with Crippen LogP contribution in [0.1, 0.15) is 348 Å². The Labute approximate surface area is 425 Å². The molecule has 68 heavy (non-hydrogen) atoms. The third-order valence-electron chi connectivity index (χ3n) is 14.6. The Morgan fingerprint density at radius 3 is 1.00 bits per heavy atom. The van der Waals surface area contributed by atoms with Crippen LogP contribution in [0.15, 0.2) is 12.2 Å². The number of aliphatic hydroxyl groups is 2. The van der Waals surface area contributed by atoms with E-state index < -0.39 is 12.1 Å². The van der Waals surface area contributed by atoms with Gasteiger partial charge in [-0.05, 0) is 32.1 Å². The van der Waals surface area contributed by atoms with Crippen molar-refractivity contribution in [3.05, 3.63) is 12.2 Å². The molecule has 2 unspecified atom stereocenters. The van der Waals surface area contributed by atoms with Crippen molar-refractivity contribution in [3.8, 4) is 0 Å². The van der Waals surface area contributed by atoms with E-state index in [4.69, 9.17) is 4.74 Å². The second-order valence-electron chi connectivity index (χ2n) is 21.4. The lowest BCUT2D eigenvalue weighted by atomic mass is 10.0. The number of hydrogen-bond donors (Lipinski definition) is 3. The Balaban J connectivity index is 3.40. The maximum Gasteiger partial charge on any atom is 0.305 e. The first-order valence-electron chi connectivity index (χ1n) is 31.0. The second kappa shape index (κ2) is 58.2. The number of unbranched alkanes of at least 4 members (excludes halogenated alkanes) is 47. The maximum atomic E-state index is 12.5. The smallest absolute Gasteiger partial charge is 0.305 e. The van der Waals surface area contributed by atoms with Gasteiger partial charge in [0.15, 0.2) is 0 Å². The van der Waals surface area contributed by atoms with E-state index in [2.05, 4.69) is 19.2 Å². The molecule has 0 aliphatic heterocycles. The molecular weight excluding hydrogens is 839 g/mol. The largest absolute Gasteiger partial charge is 0.466 e. The second-order valence-corrected chi connectivity index (χ2v) is 21.4. The zero-order chi connectivity index (χ0) is 49.3. The summed E-state index contributed by atoms with van der Waals surface area (Å²) in [5, 5.41) is 23.2. The summed E-state index contributed by atoms with van der Waals surface area (Å²) in [6.45, 7) is 4.93. The molecule has 0 radical (unpaired) electrons. The van der Waals surface area contributed by atoms with Crippen molar-refractivity contribution >= 4 is 11.9 Å². The first kappa shape index (κ1) is 66.6. The van der Waals surface area contributed by atoms with Crippen LogP contribution in [0.3, 0.4) is 0 Å². The van der Waals surface area contributed by atoms with Gasteiger partial charge in [-0.25, -0.2) is 0 Å². The van der Waals surface area contributed by atoms with Crippen LogP contribution in [0, 0.1) is 0 Å². The lowest BCUT2D eigenvalue weighted by Crippen LogP contribution is -2.45. The summed E-state index contributed by atoms with van der Waals surface area (Å²) in [4.78, 5) is 24.5. The number of amides is 1. The summed E-state index contributed by atoms with van der Waals surface area (Å²) in [7, 11) is 0. The van der Waals surface area contributed by atoms with Crippen LogP contribution in [0.4, 0.5) is 0 Å². The van der Waals surface area contributed by atoms with E-state index in [9.17, 15) is 19.8 Å². The van der Waals surface area contributed by atoms with E-state index in [1.54, 1.807) is 6.08 Å². The van der Waals surface area contributed by atoms with Crippen LogP contribution in [0.2, 0.25) is 0 Å². The van der Waals surface area contributed by atoms with Crippen molar-refractivity contribution in [3.63, 3.8) is 0 Å². The number of aliphatic hydroxyl groups excluding tert-OH is 2. The summed E-state index contributed by atoms with van der Waals surface area (Å²) in [5.74, 6) is -0.0524. The van der Waals surface area contributed by atoms with Gasteiger partial charge in [-0.1, -0.05) is 315 Å². The van der Waals surface area contributed by atoms with Gasteiger partial charge < -0.3 is 20.3 Å². The fourth-order valence-corrected chi connectivity index (χ4v) is 9.81. The average Bonchev–Trinajstić information content (AvgIpc) is 3.34. The number of allylic oxidation sites excluding steroid dienone is 1. The van der Waals surface area contributed by atoms with Crippen molar-refractivity contribution in [1.29, 1.82) is 0 Å². The van der Waals surface area contributed by atoms with Crippen molar-refractivity contribution in [2.75, 3.05) is 13.2 Å². The number of hydrogen-bond acceptors (Lipinski definition) is 5. The van der Waals surface area contributed by atoms with E-state index in [1.807, 2.05) is 6.08 Å². The Bertz CT molecular complexity index is 1020. The Morgan fingerprint density at radius 1 is 0.397 bits per heavy atom. The lowest BCUT2D eigenvalue weighted by molar-refractivity contribution is -0.143. The van der Waals surface area contributed by atoms with E-state index in [0.29, 0.717) is 19.4 Å². The van der Waals surface area contributed by atoms with Gasteiger partial charge in [0.1, 0.15) is 0 Å². The van der Waals surface area contributed by atoms with Gasteiger partial charge >= 0.3 is 5.97 Å². The first-order chi connectivity index (χ1) is 33.5. The van der Waals surface area contributed by atoms with Crippen molar-refractivity contribution in [2.24, 2.45) is 0 Å². The molecule has 0 aromatic heterocycles. The van der Waals surface area contributed by atoms with Gasteiger partial charge in [-0.3, -0.25) is 9.59 Å². The summed E-state index contributed by atoms with van der Waals surface area (Å²) in [6, 6.07) is -0.628. The minimum atomic E-state index is -0.844. The third kappa shape index (κ3) is 53.9. The number of esters is 1. The normalized spacial score (nSPS) is 12.6.